The predicted molar refractivity (Wildman–Crippen MR) is 90.3 cm³/mol. The highest BCUT2D eigenvalue weighted by Crippen LogP contribution is 2.32. The van der Waals surface area contributed by atoms with Crippen LogP contribution < -0.4 is 15.0 Å². The fourth-order valence-electron chi connectivity index (χ4n) is 3.24. The van der Waals surface area contributed by atoms with E-state index in [0.29, 0.717) is 0 Å². The summed E-state index contributed by atoms with van der Waals surface area (Å²) < 4.78 is 6.11. The maximum absolute atomic E-state index is 6.11. The van der Waals surface area contributed by atoms with Gasteiger partial charge in [-0.15, -0.1) is 0 Å². The van der Waals surface area contributed by atoms with Crippen molar-refractivity contribution >= 4 is 5.95 Å². The van der Waals surface area contributed by atoms with Gasteiger partial charge in [0.1, 0.15) is 5.75 Å². The van der Waals surface area contributed by atoms with E-state index in [1.165, 1.54) is 24.1 Å². The minimum atomic E-state index is 0.745. The molecular formula is C18H22N4O. The van der Waals surface area contributed by atoms with Gasteiger partial charge in [0, 0.05) is 31.7 Å². The minimum Gasteiger partial charge on any atom is -0.439 e. The molecule has 2 aliphatic rings. The number of piperazine rings is 1. The van der Waals surface area contributed by atoms with Gasteiger partial charge in [-0.1, -0.05) is 18.2 Å². The zero-order chi connectivity index (χ0) is 15.5. The van der Waals surface area contributed by atoms with E-state index < -0.39 is 0 Å². The second-order valence-corrected chi connectivity index (χ2v) is 6.11. The molecule has 23 heavy (non-hydrogen) atoms. The molecule has 1 fully saturated rings. The van der Waals surface area contributed by atoms with Crippen LogP contribution >= 0.6 is 0 Å². The molecule has 0 saturated carbocycles. The number of aryl methyl sites for hydroxylation is 1. The standard InChI is InChI=1S/C18H22N4O/c1-2-6-14(7-3-1)23-17-15-8-4-5-9-16(15)20-18(21-17)22-12-10-19-11-13-22/h1-3,6-7,19H,4-5,8-13H2. The topological polar surface area (TPSA) is 50.3 Å². The molecule has 0 radical (unpaired) electrons. The number of aromatic nitrogens is 2. The van der Waals surface area contributed by atoms with Crippen LogP contribution in [0.2, 0.25) is 0 Å². The van der Waals surface area contributed by atoms with Crippen LogP contribution in [-0.4, -0.2) is 36.1 Å². The first-order chi connectivity index (χ1) is 11.4. The van der Waals surface area contributed by atoms with Crippen LogP contribution in [0.3, 0.4) is 0 Å². The number of para-hydroxylation sites is 1. The molecule has 2 aromatic rings. The first-order valence-corrected chi connectivity index (χ1v) is 8.48. The molecule has 5 nitrogen and oxygen atoms in total. The van der Waals surface area contributed by atoms with Crippen LogP contribution in [0.4, 0.5) is 5.95 Å². The average molecular weight is 310 g/mol. The molecule has 1 aromatic heterocycles. The zero-order valence-corrected chi connectivity index (χ0v) is 13.3. The quantitative estimate of drug-likeness (QED) is 0.944. The largest absolute Gasteiger partial charge is 0.439 e. The van der Waals surface area contributed by atoms with Gasteiger partial charge in [-0.3, -0.25) is 0 Å². The van der Waals surface area contributed by atoms with E-state index in [9.17, 15) is 0 Å². The maximum atomic E-state index is 6.11. The summed E-state index contributed by atoms with van der Waals surface area (Å²) in [6, 6.07) is 9.92. The van der Waals surface area contributed by atoms with Gasteiger partial charge in [0.2, 0.25) is 11.8 Å². The molecule has 0 bridgehead atoms. The van der Waals surface area contributed by atoms with Gasteiger partial charge < -0.3 is 15.0 Å². The number of fused-ring (bicyclic) bond motifs is 1. The van der Waals surface area contributed by atoms with Gasteiger partial charge >= 0.3 is 0 Å². The lowest BCUT2D eigenvalue weighted by Crippen LogP contribution is -2.44. The van der Waals surface area contributed by atoms with Crippen molar-refractivity contribution in [3.63, 3.8) is 0 Å². The number of benzene rings is 1. The van der Waals surface area contributed by atoms with Crippen molar-refractivity contribution in [2.24, 2.45) is 0 Å². The summed E-state index contributed by atoms with van der Waals surface area (Å²) in [5.41, 5.74) is 2.37. The predicted octanol–water partition coefficient (Wildman–Crippen LogP) is 2.56. The summed E-state index contributed by atoms with van der Waals surface area (Å²) in [6.45, 7) is 3.86. The van der Waals surface area contributed by atoms with E-state index in [1.54, 1.807) is 0 Å². The molecule has 0 atom stereocenters. The molecule has 1 aliphatic heterocycles. The van der Waals surface area contributed by atoms with Crippen LogP contribution in [0.25, 0.3) is 0 Å². The molecule has 0 unspecified atom stereocenters. The number of rotatable bonds is 3. The van der Waals surface area contributed by atoms with Crippen molar-refractivity contribution < 1.29 is 4.74 Å². The van der Waals surface area contributed by atoms with E-state index in [0.717, 1.165) is 56.6 Å². The van der Waals surface area contributed by atoms with E-state index in [-0.39, 0.29) is 0 Å². The van der Waals surface area contributed by atoms with Crippen molar-refractivity contribution in [1.29, 1.82) is 0 Å². The lowest BCUT2D eigenvalue weighted by atomic mass is 9.97. The Morgan fingerprint density at radius 3 is 2.57 bits per heavy atom. The normalized spacial score (nSPS) is 17.7. The maximum Gasteiger partial charge on any atom is 0.228 e. The highest BCUT2D eigenvalue weighted by atomic mass is 16.5. The van der Waals surface area contributed by atoms with Crippen LogP contribution in [0.15, 0.2) is 30.3 Å². The molecule has 120 valence electrons. The summed E-state index contributed by atoms with van der Waals surface area (Å²) in [5.74, 6) is 2.40. The Morgan fingerprint density at radius 1 is 0.957 bits per heavy atom. The van der Waals surface area contributed by atoms with E-state index >= 15 is 0 Å². The van der Waals surface area contributed by atoms with Crippen molar-refractivity contribution in [3.8, 4) is 11.6 Å². The summed E-state index contributed by atoms with van der Waals surface area (Å²) in [6.07, 6.45) is 4.44. The van der Waals surface area contributed by atoms with Crippen LogP contribution in [0.5, 0.6) is 11.6 Å². The number of nitrogens with zero attached hydrogens (tertiary/aromatic N) is 3. The third-order valence-electron chi connectivity index (χ3n) is 4.49. The van der Waals surface area contributed by atoms with E-state index in [1.807, 2.05) is 30.3 Å². The lowest BCUT2D eigenvalue weighted by molar-refractivity contribution is 0.445. The SMILES string of the molecule is c1ccc(Oc2nc(N3CCNCC3)nc3c2CCCC3)cc1. The summed E-state index contributed by atoms with van der Waals surface area (Å²) >= 11 is 0. The number of hydrogen-bond donors (Lipinski definition) is 1. The monoisotopic (exact) mass is 310 g/mol. The molecule has 1 saturated heterocycles. The molecule has 0 spiro atoms. The van der Waals surface area contributed by atoms with Crippen molar-refractivity contribution in [1.82, 2.24) is 15.3 Å². The highest BCUT2D eigenvalue weighted by molar-refractivity contribution is 5.43. The fourth-order valence-corrected chi connectivity index (χ4v) is 3.24. The first kappa shape index (κ1) is 14.5. The number of anilines is 1. The van der Waals surface area contributed by atoms with Crippen molar-refractivity contribution in [2.75, 3.05) is 31.1 Å². The summed E-state index contributed by atoms with van der Waals surface area (Å²) in [7, 11) is 0. The fraction of sp³-hybridized carbons (Fsp3) is 0.444. The Labute approximate surface area is 136 Å². The molecule has 1 N–H and O–H groups in total. The number of ether oxygens (including phenoxy) is 1. The minimum absolute atomic E-state index is 0.745. The lowest BCUT2D eigenvalue weighted by Gasteiger charge is -2.29. The second kappa shape index (κ2) is 6.54. The Kier molecular flexibility index (Phi) is 4.11. The molecule has 2 heterocycles. The molecule has 4 rings (SSSR count). The first-order valence-electron chi connectivity index (χ1n) is 8.48. The Balaban J connectivity index is 1.70. The van der Waals surface area contributed by atoms with Crippen LogP contribution in [0, 0.1) is 0 Å². The van der Waals surface area contributed by atoms with Crippen LogP contribution in [-0.2, 0) is 12.8 Å². The van der Waals surface area contributed by atoms with E-state index in [2.05, 4.69) is 10.2 Å². The third-order valence-corrected chi connectivity index (χ3v) is 4.49. The molecule has 0 amide bonds. The van der Waals surface area contributed by atoms with Gasteiger partial charge in [0.25, 0.3) is 0 Å². The van der Waals surface area contributed by atoms with Crippen molar-refractivity contribution in [3.05, 3.63) is 41.6 Å². The second-order valence-electron chi connectivity index (χ2n) is 6.11. The number of hydrogen-bond acceptors (Lipinski definition) is 5. The molecule has 5 heteroatoms. The Morgan fingerprint density at radius 2 is 1.74 bits per heavy atom. The Bertz CT molecular complexity index is 668. The molecule has 1 aliphatic carbocycles. The van der Waals surface area contributed by atoms with E-state index in [4.69, 9.17) is 14.7 Å². The van der Waals surface area contributed by atoms with Crippen molar-refractivity contribution in [2.45, 2.75) is 25.7 Å². The summed E-state index contributed by atoms with van der Waals surface area (Å²) in [5, 5.41) is 3.37. The summed E-state index contributed by atoms with van der Waals surface area (Å²) in [4.78, 5) is 11.9. The van der Waals surface area contributed by atoms with Crippen LogP contribution in [0.1, 0.15) is 24.1 Å². The van der Waals surface area contributed by atoms with Gasteiger partial charge in [-0.05, 0) is 37.8 Å². The Hall–Kier alpha value is -2.14. The average Bonchev–Trinajstić information content (AvgIpc) is 2.63. The van der Waals surface area contributed by atoms with Gasteiger partial charge in [-0.2, -0.15) is 4.98 Å². The van der Waals surface area contributed by atoms with Gasteiger partial charge in [-0.25, -0.2) is 4.98 Å². The smallest absolute Gasteiger partial charge is 0.228 e. The highest BCUT2D eigenvalue weighted by Gasteiger charge is 2.22. The molecule has 1 aromatic carbocycles. The van der Waals surface area contributed by atoms with Gasteiger partial charge in [0.15, 0.2) is 0 Å². The van der Waals surface area contributed by atoms with Gasteiger partial charge in [0.05, 0.1) is 5.69 Å². The zero-order valence-electron chi connectivity index (χ0n) is 13.3. The third kappa shape index (κ3) is 3.15. The number of nitrogens with one attached hydrogen (secondary N) is 1. The molecular weight excluding hydrogens is 288 g/mol.